The lowest BCUT2D eigenvalue weighted by atomic mass is 10.1. The van der Waals surface area contributed by atoms with Crippen LogP contribution in [0.4, 0.5) is 19.1 Å². The molecule has 0 aliphatic carbocycles. The number of hydrogen-bond donors (Lipinski definition) is 2. The number of carbonyl (C=O) groups is 1. The fourth-order valence-corrected chi connectivity index (χ4v) is 2.44. The Morgan fingerprint density at radius 1 is 1.27 bits per heavy atom. The van der Waals surface area contributed by atoms with Crippen molar-refractivity contribution in [3.63, 3.8) is 0 Å². The minimum absolute atomic E-state index is 0.0268. The van der Waals surface area contributed by atoms with Crippen molar-refractivity contribution in [1.82, 2.24) is 29.9 Å². The molecule has 0 saturated heterocycles. The monoisotopic (exact) mass is 365 g/mol. The van der Waals surface area contributed by atoms with E-state index in [-0.39, 0.29) is 24.1 Å². The van der Waals surface area contributed by atoms with Crippen molar-refractivity contribution in [3.8, 4) is 5.82 Å². The van der Waals surface area contributed by atoms with Crippen molar-refractivity contribution in [2.45, 2.75) is 26.4 Å². The van der Waals surface area contributed by atoms with Crippen LogP contribution in [0, 0.1) is 13.8 Å². The minimum Gasteiger partial charge on any atom is -0.295 e. The number of aromatic nitrogens is 6. The van der Waals surface area contributed by atoms with E-state index in [1.54, 1.807) is 13.8 Å². The van der Waals surface area contributed by atoms with E-state index in [1.807, 2.05) is 0 Å². The van der Waals surface area contributed by atoms with E-state index in [9.17, 15) is 18.0 Å². The number of hydrogen-bond acceptors (Lipinski definition) is 5. The molecule has 26 heavy (non-hydrogen) atoms. The molecular weight excluding hydrogens is 351 g/mol. The SMILES string of the molecule is Cc1nn(-c2ccc(C(F)(F)F)cn2)c(C)c1CC(=O)Nc1ncn[nH]1. The van der Waals surface area contributed by atoms with Crippen LogP contribution >= 0.6 is 0 Å². The number of nitrogens with zero attached hydrogens (tertiary/aromatic N) is 5. The second-order valence-corrected chi connectivity index (χ2v) is 5.52. The summed E-state index contributed by atoms with van der Waals surface area (Å²) < 4.78 is 39.4. The fourth-order valence-electron chi connectivity index (χ4n) is 2.44. The molecule has 0 aromatic carbocycles. The average Bonchev–Trinajstić information content (AvgIpc) is 3.17. The molecule has 0 unspecified atom stereocenters. The molecule has 1 amide bonds. The molecule has 3 rings (SSSR count). The van der Waals surface area contributed by atoms with Crippen LogP contribution in [0.25, 0.3) is 5.82 Å². The molecule has 3 aromatic rings. The van der Waals surface area contributed by atoms with Gasteiger partial charge < -0.3 is 0 Å². The third kappa shape index (κ3) is 3.55. The zero-order valence-electron chi connectivity index (χ0n) is 13.8. The van der Waals surface area contributed by atoms with Crippen LogP contribution in [0.1, 0.15) is 22.5 Å². The van der Waals surface area contributed by atoms with Crippen molar-refractivity contribution in [1.29, 1.82) is 0 Å². The number of H-pyrrole nitrogens is 1. The summed E-state index contributed by atoms with van der Waals surface area (Å²) in [6.45, 7) is 3.43. The van der Waals surface area contributed by atoms with Gasteiger partial charge in [0.15, 0.2) is 5.82 Å². The van der Waals surface area contributed by atoms with Gasteiger partial charge >= 0.3 is 6.18 Å². The maximum absolute atomic E-state index is 12.6. The number of anilines is 1. The Balaban J connectivity index is 1.82. The first-order valence-corrected chi connectivity index (χ1v) is 7.49. The predicted molar refractivity (Wildman–Crippen MR) is 84.6 cm³/mol. The third-order valence-electron chi connectivity index (χ3n) is 3.74. The Morgan fingerprint density at radius 3 is 2.62 bits per heavy atom. The molecule has 0 saturated carbocycles. The van der Waals surface area contributed by atoms with Gasteiger partial charge in [0.1, 0.15) is 6.33 Å². The lowest BCUT2D eigenvalue weighted by molar-refractivity contribution is -0.137. The fraction of sp³-hybridized carbons (Fsp3) is 0.267. The zero-order chi connectivity index (χ0) is 18.9. The highest BCUT2D eigenvalue weighted by molar-refractivity contribution is 5.90. The van der Waals surface area contributed by atoms with Gasteiger partial charge in [-0.3, -0.25) is 10.1 Å². The molecule has 0 atom stereocenters. The zero-order valence-corrected chi connectivity index (χ0v) is 13.8. The highest BCUT2D eigenvalue weighted by atomic mass is 19.4. The van der Waals surface area contributed by atoms with Crippen LogP contribution in [0.15, 0.2) is 24.7 Å². The van der Waals surface area contributed by atoms with Gasteiger partial charge in [0.2, 0.25) is 11.9 Å². The Kier molecular flexibility index (Phi) is 4.45. The van der Waals surface area contributed by atoms with Gasteiger partial charge in [-0.2, -0.15) is 28.4 Å². The quantitative estimate of drug-likeness (QED) is 0.738. The lowest BCUT2D eigenvalue weighted by Crippen LogP contribution is -2.16. The normalized spacial score (nSPS) is 11.6. The topological polar surface area (TPSA) is 101 Å². The molecule has 2 N–H and O–H groups in total. The van der Waals surface area contributed by atoms with Crippen LogP contribution < -0.4 is 5.32 Å². The maximum Gasteiger partial charge on any atom is 0.417 e. The predicted octanol–water partition coefficient (Wildman–Crippen LogP) is 2.20. The van der Waals surface area contributed by atoms with Crippen molar-refractivity contribution in [2.24, 2.45) is 0 Å². The van der Waals surface area contributed by atoms with Gasteiger partial charge in [0.05, 0.1) is 17.7 Å². The third-order valence-corrected chi connectivity index (χ3v) is 3.74. The van der Waals surface area contributed by atoms with Gasteiger partial charge in [-0.05, 0) is 26.0 Å². The standard InChI is InChI=1S/C15H14F3N7O/c1-8-11(5-13(26)22-14-20-7-21-23-14)9(2)25(24-8)12-4-3-10(6-19-12)15(16,17)18/h3-4,6-7H,5H2,1-2H3,(H2,20,21,22,23,26). The molecule has 0 fully saturated rings. The lowest BCUT2D eigenvalue weighted by Gasteiger charge is -2.08. The summed E-state index contributed by atoms with van der Waals surface area (Å²) in [6.07, 6.45) is -2.41. The van der Waals surface area contributed by atoms with Gasteiger partial charge in [-0.25, -0.2) is 14.8 Å². The van der Waals surface area contributed by atoms with E-state index >= 15 is 0 Å². The molecule has 3 heterocycles. The molecular formula is C15H14F3N7O. The number of aryl methyl sites for hydroxylation is 1. The number of pyridine rings is 1. The van der Waals surface area contributed by atoms with Crippen LogP contribution in [0.2, 0.25) is 0 Å². The Labute approximate surface area is 145 Å². The van der Waals surface area contributed by atoms with Crippen LogP contribution in [0.5, 0.6) is 0 Å². The second kappa shape index (κ2) is 6.58. The van der Waals surface area contributed by atoms with Crippen molar-refractivity contribution in [2.75, 3.05) is 5.32 Å². The van der Waals surface area contributed by atoms with Crippen molar-refractivity contribution < 1.29 is 18.0 Å². The largest absolute Gasteiger partial charge is 0.417 e. The van der Waals surface area contributed by atoms with E-state index in [0.717, 1.165) is 12.3 Å². The number of aromatic amines is 1. The van der Waals surface area contributed by atoms with Crippen LogP contribution in [-0.4, -0.2) is 35.9 Å². The molecule has 8 nitrogen and oxygen atoms in total. The molecule has 0 bridgehead atoms. The summed E-state index contributed by atoms with van der Waals surface area (Å²) in [5, 5.41) is 13.0. The molecule has 0 radical (unpaired) electrons. The maximum atomic E-state index is 12.6. The molecule has 136 valence electrons. The number of nitrogens with one attached hydrogen (secondary N) is 2. The molecule has 0 aliphatic rings. The molecule has 0 spiro atoms. The first kappa shape index (κ1) is 17.6. The summed E-state index contributed by atoms with van der Waals surface area (Å²) in [4.78, 5) is 19.7. The van der Waals surface area contributed by atoms with Crippen LogP contribution in [-0.2, 0) is 17.4 Å². The average molecular weight is 365 g/mol. The smallest absolute Gasteiger partial charge is 0.295 e. The first-order chi connectivity index (χ1) is 12.3. The van der Waals surface area contributed by atoms with E-state index in [4.69, 9.17) is 0 Å². The van der Waals surface area contributed by atoms with Gasteiger partial charge in [-0.1, -0.05) is 0 Å². The minimum atomic E-state index is -4.45. The van der Waals surface area contributed by atoms with Crippen molar-refractivity contribution >= 4 is 11.9 Å². The summed E-state index contributed by atoms with van der Waals surface area (Å²) in [5.41, 5.74) is 1.01. The van der Waals surface area contributed by atoms with Crippen LogP contribution in [0.3, 0.4) is 0 Å². The highest BCUT2D eigenvalue weighted by Gasteiger charge is 2.30. The molecule has 11 heteroatoms. The van der Waals surface area contributed by atoms with Gasteiger partial charge in [0, 0.05) is 17.5 Å². The van der Waals surface area contributed by atoms with E-state index in [2.05, 4.69) is 30.6 Å². The number of carbonyl (C=O) groups excluding carboxylic acids is 1. The number of alkyl halides is 3. The Hall–Kier alpha value is -3.24. The van der Waals surface area contributed by atoms with Gasteiger partial charge in [0.25, 0.3) is 0 Å². The van der Waals surface area contributed by atoms with E-state index < -0.39 is 11.7 Å². The Morgan fingerprint density at radius 2 is 2.04 bits per heavy atom. The van der Waals surface area contributed by atoms with E-state index in [0.29, 0.717) is 17.0 Å². The summed E-state index contributed by atoms with van der Waals surface area (Å²) in [7, 11) is 0. The van der Waals surface area contributed by atoms with Gasteiger partial charge in [-0.15, -0.1) is 0 Å². The Bertz CT molecular complexity index is 914. The van der Waals surface area contributed by atoms with Crippen molar-refractivity contribution in [3.05, 3.63) is 47.2 Å². The highest BCUT2D eigenvalue weighted by Crippen LogP contribution is 2.29. The first-order valence-electron chi connectivity index (χ1n) is 7.49. The summed E-state index contributed by atoms with van der Waals surface area (Å²) in [5.74, 6) is 0.135. The number of amides is 1. The number of halogens is 3. The second-order valence-electron chi connectivity index (χ2n) is 5.52. The molecule has 0 aliphatic heterocycles. The van der Waals surface area contributed by atoms with E-state index in [1.165, 1.54) is 17.1 Å². The summed E-state index contributed by atoms with van der Waals surface area (Å²) >= 11 is 0. The molecule has 3 aromatic heterocycles. The number of rotatable bonds is 4. The summed E-state index contributed by atoms with van der Waals surface area (Å²) in [6, 6.07) is 2.18.